The Morgan fingerprint density at radius 1 is 1.32 bits per heavy atom. The number of thiazole rings is 1. The molecule has 4 nitrogen and oxygen atoms in total. The number of alkyl halides is 3. The van der Waals surface area contributed by atoms with Crippen molar-refractivity contribution >= 4 is 17.4 Å². The van der Waals surface area contributed by atoms with Crippen LogP contribution in [0, 0.1) is 13.8 Å². The summed E-state index contributed by atoms with van der Waals surface area (Å²) in [5.41, 5.74) is 0.183. The summed E-state index contributed by atoms with van der Waals surface area (Å²) in [4.78, 5) is 18.8. The second kappa shape index (κ2) is 7.43. The Balaban J connectivity index is 2.07. The van der Waals surface area contributed by atoms with Gasteiger partial charge in [-0.15, -0.1) is 11.3 Å². The van der Waals surface area contributed by atoms with Crippen molar-refractivity contribution in [3.05, 3.63) is 51.0 Å². The number of benzene rings is 1. The highest BCUT2D eigenvalue weighted by molar-refractivity contribution is 7.11. The van der Waals surface area contributed by atoms with E-state index in [1.807, 2.05) is 20.8 Å². The molecule has 0 spiro atoms. The van der Waals surface area contributed by atoms with E-state index >= 15 is 0 Å². The van der Waals surface area contributed by atoms with Gasteiger partial charge in [0.2, 0.25) is 0 Å². The Bertz CT molecular complexity index is 758. The van der Waals surface area contributed by atoms with E-state index in [0.29, 0.717) is 0 Å². The Morgan fingerprint density at radius 2 is 1.96 bits per heavy atom. The van der Waals surface area contributed by atoms with Crippen LogP contribution in [0.2, 0.25) is 0 Å². The molecule has 2 aromatic rings. The van der Waals surface area contributed by atoms with Gasteiger partial charge in [0.1, 0.15) is 0 Å². The Labute approximate surface area is 148 Å². The number of urea groups is 1. The Hall–Kier alpha value is -2.09. The van der Waals surface area contributed by atoms with E-state index in [9.17, 15) is 18.0 Å². The normalized spacial score (nSPS) is 12.8. The van der Waals surface area contributed by atoms with E-state index in [1.54, 1.807) is 0 Å². The second-order valence-corrected chi connectivity index (χ2v) is 7.10. The number of carbonyl (C=O) groups is 1. The molecule has 1 atom stereocenters. The highest BCUT2D eigenvalue weighted by Crippen LogP contribution is 2.32. The van der Waals surface area contributed by atoms with Gasteiger partial charge < -0.3 is 10.2 Å². The van der Waals surface area contributed by atoms with Crippen LogP contribution in [0.15, 0.2) is 24.3 Å². The van der Waals surface area contributed by atoms with E-state index in [1.165, 1.54) is 41.5 Å². The van der Waals surface area contributed by atoms with Crippen LogP contribution in [0.25, 0.3) is 0 Å². The fraction of sp³-hybridized carbons (Fsp3) is 0.412. The number of carbonyl (C=O) groups excluding carboxylic acids is 1. The molecule has 0 unspecified atom stereocenters. The van der Waals surface area contributed by atoms with Crippen LogP contribution < -0.4 is 5.32 Å². The van der Waals surface area contributed by atoms with Gasteiger partial charge in [-0.25, -0.2) is 9.78 Å². The molecule has 0 aliphatic carbocycles. The highest BCUT2D eigenvalue weighted by Gasteiger charge is 2.33. The molecule has 0 saturated carbocycles. The SMILES string of the molecule is Cc1nc(C)c([C@@H](C)NC(=O)N(C)Cc2ccccc2C(F)(F)F)s1. The highest BCUT2D eigenvalue weighted by atomic mass is 32.1. The Kier molecular flexibility index (Phi) is 5.72. The summed E-state index contributed by atoms with van der Waals surface area (Å²) in [5, 5.41) is 3.71. The van der Waals surface area contributed by atoms with Crippen molar-refractivity contribution < 1.29 is 18.0 Å². The smallest absolute Gasteiger partial charge is 0.331 e. The number of nitrogens with zero attached hydrogens (tertiary/aromatic N) is 2. The predicted octanol–water partition coefficient (Wildman–Crippen LogP) is 4.68. The minimum Gasteiger partial charge on any atom is -0.331 e. The molecular weight excluding hydrogens is 351 g/mol. The summed E-state index contributed by atoms with van der Waals surface area (Å²) in [6.07, 6.45) is -4.45. The molecule has 0 aliphatic heterocycles. The van der Waals surface area contributed by atoms with E-state index < -0.39 is 17.8 Å². The fourth-order valence-electron chi connectivity index (χ4n) is 2.57. The van der Waals surface area contributed by atoms with Gasteiger partial charge in [0, 0.05) is 18.5 Å². The molecule has 1 aromatic carbocycles. The summed E-state index contributed by atoms with van der Waals surface area (Å²) >= 11 is 1.49. The van der Waals surface area contributed by atoms with Crippen molar-refractivity contribution in [3.63, 3.8) is 0 Å². The fourth-order valence-corrected chi connectivity index (χ4v) is 3.50. The van der Waals surface area contributed by atoms with Crippen LogP contribution in [-0.2, 0) is 12.7 Å². The molecule has 25 heavy (non-hydrogen) atoms. The molecule has 1 aromatic heterocycles. The van der Waals surface area contributed by atoms with Crippen LogP contribution in [0.4, 0.5) is 18.0 Å². The van der Waals surface area contributed by atoms with Crippen LogP contribution in [0.1, 0.15) is 39.7 Å². The van der Waals surface area contributed by atoms with Crippen molar-refractivity contribution in [2.75, 3.05) is 7.05 Å². The van der Waals surface area contributed by atoms with Crippen LogP contribution in [0.3, 0.4) is 0 Å². The van der Waals surface area contributed by atoms with Crippen molar-refractivity contribution in [2.24, 2.45) is 0 Å². The van der Waals surface area contributed by atoms with Crippen LogP contribution >= 0.6 is 11.3 Å². The minimum absolute atomic E-state index is 0.0603. The third-order valence-electron chi connectivity index (χ3n) is 3.75. The molecule has 8 heteroatoms. The molecule has 2 amide bonds. The van der Waals surface area contributed by atoms with Gasteiger partial charge in [0.15, 0.2) is 0 Å². The lowest BCUT2D eigenvalue weighted by Crippen LogP contribution is -2.38. The second-order valence-electron chi connectivity index (χ2n) is 5.86. The van der Waals surface area contributed by atoms with E-state index in [-0.39, 0.29) is 18.2 Å². The molecule has 0 fully saturated rings. The van der Waals surface area contributed by atoms with Gasteiger partial charge >= 0.3 is 12.2 Å². The minimum atomic E-state index is -4.45. The van der Waals surface area contributed by atoms with E-state index in [2.05, 4.69) is 10.3 Å². The first-order valence-corrected chi connectivity index (χ1v) is 8.52. The van der Waals surface area contributed by atoms with Gasteiger partial charge in [-0.05, 0) is 32.4 Å². The van der Waals surface area contributed by atoms with Crippen molar-refractivity contribution in [2.45, 2.75) is 39.5 Å². The van der Waals surface area contributed by atoms with Crippen molar-refractivity contribution in [3.8, 4) is 0 Å². The molecule has 2 rings (SSSR count). The summed E-state index contributed by atoms with van der Waals surface area (Å²) in [7, 11) is 1.47. The third-order valence-corrected chi connectivity index (χ3v) is 5.01. The first-order chi connectivity index (χ1) is 11.6. The number of rotatable bonds is 4. The lowest BCUT2D eigenvalue weighted by Gasteiger charge is -2.23. The number of halogens is 3. The molecule has 136 valence electrons. The zero-order valence-corrected chi connectivity index (χ0v) is 15.3. The number of nitrogens with one attached hydrogen (secondary N) is 1. The van der Waals surface area contributed by atoms with Gasteiger partial charge in [-0.2, -0.15) is 13.2 Å². The maximum absolute atomic E-state index is 13.1. The number of aromatic nitrogens is 1. The monoisotopic (exact) mass is 371 g/mol. The molecule has 0 saturated heterocycles. The molecule has 1 N–H and O–H groups in total. The number of amides is 2. The Morgan fingerprint density at radius 3 is 2.52 bits per heavy atom. The van der Waals surface area contributed by atoms with Gasteiger partial charge in [-0.3, -0.25) is 0 Å². The molecule has 0 radical (unpaired) electrons. The van der Waals surface area contributed by atoms with Gasteiger partial charge in [-0.1, -0.05) is 18.2 Å². The van der Waals surface area contributed by atoms with E-state index in [4.69, 9.17) is 0 Å². The summed E-state index contributed by atoms with van der Waals surface area (Å²) in [6, 6.07) is 4.57. The molecular formula is C17H20F3N3OS. The molecule has 0 aliphatic rings. The van der Waals surface area contributed by atoms with Crippen LogP contribution in [0.5, 0.6) is 0 Å². The van der Waals surface area contributed by atoms with Gasteiger partial charge in [0.05, 0.1) is 22.3 Å². The van der Waals surface area contributed by atoms with Crippen LogP contribution in [-0.4, -0.2) is 23.0 Å². The average Bonchev–Trinajstić information content (AvgIpc) is 2.85. The largest absolute Gasteiger partial charge is 0.416 e. The zero-order valence-electron chi connectivity index (χ0n) is 14.4. The van der Waals surface area contributed by atoms with Crippen molar-refractivity contribution in [1.82, 2.24) is 15.2 Å². The maximum Gasteiger partial charge on any atom is 0.416 e. The number of aryl methyl sites for hydroxylation is 2. The zero-order chi connectivity index (χ0) is 18.8. The molecule has 1 heterocycles. The maximum atomic E-state index is 13.1. The van der Waals surface area contributed by atoms with Gasteiger partial charge in [0.25, 0.3) is 0 Å². The summed E-state index contributed by atoms with van der Waals surface area (Å²) < 4.78 is 39.2. The first-order valence-electron chi connectivity index (χ1n) is 7.70. The van der Waals surface area contributed by atoms with E-state index in [0.717, 1.165) is 21.6 Å². The topological polar surface area (TPSA) is 45.2 Å². The number of hydrogen-bond donors (Lipinski definition) is 1. The number of hydrogen-bond acceptors (Lipinski definition) is 3. The lowest BCUT2D eigenvalue weighted by molar-refractivity contribution is -0.138. The predicted molar refractivity (Wildman–Crippen MR) is 91.4 cm³/mol. The molecule has 0 bridgehead atoms. The summed E-state index contributed by atoms with van der Waals surface area (Å²) in [5.74, 6) is 0. The summed E-state index contributed by atoms with van der Waals surface area (Å²) in [6.45, 7) is 5.45. The standard InChI is InChI=1S/C17H20F3N3OS/c1-10-15(25-12(3)21-10)11(2)22-16(24)23(4)9-13-7-5-6-8-14(13)17(18,19)20/h5-8,11H,9H2,1-4H3,(H,22,24)/t11-/m1/s1. The quantitative estimate of drug-likeness (QED) is 0.848. The average molecular weight is 371 g/mol. The van der Waals surface area contributed by atoms with Crippen molar-refractivity contribution in [1.29, 1.82) is 0 Å². The lowest BCUT2D eigenvalue weighted by atomic mass is 10.1. The first kappa shape index (κ1) is 19.2. The third kappa shape index (κ3) is 4.72.